The molecular formula is C25H29ClN2O3. The maximum absolute atomic E-state index is 13.3. The summed E-state index contributed by atoms with van der Waals surface area (Å²) in [7, 11) is 0. The van der Waals surface area contributed by atoms with Crippen LogP contribution < -0.4 is 0 Å². The molecule has 0 saturated heterocycles. The lowest BCUT2D eigenvalue weighted by Gasteiger charge is -2.42. The second kappa shape index (κ2) is 9.40. The van der Waals surface area contributed by atoms with Gasteiger partial charge in [-0.25, -0.2) is 0 Å². The molecule has 3 rings (SSSR count). The van der Waals surface area contributed by atoms with Crippen molar-refractivity contribution in [3.8, 4) is 6.07 Å². The minimum Gasteiger partial charge on any atom is -0.394 e. The first kappa shape index (κ1) is 23.3. The van der Waals surface area contributed by atoms with Crippen molar-refractivity contribution in [2.45, 2.75) is 64.1 Å². The average Bonchev–Trinajstić information content (AvgIpc) is 2.72. The lowest BCUT2D eigenvalue weighted by atomic mass is 9.83. The van der Waals surface area contributed by atoms with Crippen LogP contribution in [-0.4, -0.2) is 39.3 Å². The molecule has 0 aromatic heterocycles. The number of halogens is 1. The first-order chi connectivity index (χ1) is 14.7. The summed E-state index contributed by atoms with van der Waals surface area (Å²) in [6.07, 6.45) is 1.93. The topological polar surface area (TPSA) is 84.6 Å². The number of aliphatic hydroxyl groups excluding tert-OH is 1. The molecule has 2 aromatic carbocycles. The molecule has 5 nitrogen and oxygen atoms in total. The summed E-state index contributed by atoms with van der Waals surface area (Å²) in [5, 5.41) is 30.0. The molecule has 1 aliphatic heterocycles. The van der Waals surface area contributed by atoms with Gasteiger partial charge in [-0.05, 0) is 74.4 Å². The van der Waals surface area contributed by atoms with Crippen molar-refractivity contribution in [1.29, 1.82) is 5.26 Å². The number of carbonyl (C=O) groups is 1. The molecule has 0 saturated carbocycles. The summed E-state index contributed by atoms with van der Waals surface area (Å²) < 4.78 is 0. The summed E-state index contributed by atoms with van der Waals surface area (Å²) >= 11 is 6.28. The standard InChI is InChI=1S/C25H29ClN2O3/c1-16-20-8-4-6-17(10-11-25(2,3)31)21(20)12-19(15-29)28(16)24(30)13-22-18(14-27)7-5-9-23(22)26/h4-9,16,19,29,31H,10-13,15H2,1-3H3/t16-,19+/m0/s1. The number of aliphatic hydroxyl groups is 2. The zero-order chi connectivity index (χ0) is 22.8. The van der Waals surface area contributed by atoms with Crippen molar-refractivity contribution in [2.24, 2.45) is 0 Å². The fraction of sp³-hybridized carbons (Fsp3) is 0.440. The van der Waals surface area contributed by atoms with Crippen molar-refractivity contribution in [3.05, 3.63) is 69.2 Å². The Morgan fingerprint density at radius 2 is 2.00 bits per heavy atom. The lowest BCUT2D eigenvalue weighted by Crippen LogP contribution is -2.49. The van der Waals surface area contributed by atoms with Crippen molar-refractivity contribution >= 4 is 17.5 Å². The van der Waals surface area contributed by atoms with E-state index in [9.17, 15) is 20.3 Å². The number of rotatable bonds is 6. The molecule has 1 amide bonds. The Bertz CT molecular complexity index is 1010. The quantitative estimate of drug-likeness (QED) is 0.711. The third-order valence-corrected chi connectivity index (χ3v) is 6.44. The summed E-state index contributed by atoms with van der Waals surface area (Å²) in [6, 6.07) is 12.6. The van der Waals surface area contributed by atoms with Crippen LogP contribution >= 0.6 is 11.6 Å². The summed E-state index contributed by atoms with van der Waals surface area (Å²) in [4.78, 5) is 15.1. The van der Waals surface area contributed by atoms with E-state index >= 15 is 0 Å². The number of benzene rings is 2. The number of aryl methyl sites for hydroxylation is 1. The van der Waals surface area contributed by atoms with E-state index < -0.39 is 5.60 Å². The van der Waals surface area contributed by atoms with Gasteiger partial charge in [0, 0.05) is 5.02 Å². The van der Waals surface area contributed by atoms with E-state index in [1.54, 1.807) is 36.9 Å². The molecule has 2 atom stereocenters. The maximum atomic E-state index is 13.3. The van der Waals surface area contributed by atoms with Gasteiger partial charge in [0.2, 0.25) is 5.91 Å². The van der Waals surface area contributed by atoms with Crippen LogP contribution in [-0.2, 0) is 24.1 Å². The number of nitrogens with zero attached hydrogens (tertiary/aromatic N) is 2. The van der Waals surface area contributed by atoms with Gasteiger partial charge in [-0.2, -0.15) is 5.26 Å². The molecule has 0 aliphatic carbocycles. The van der Waals surface area contributed by atoms with Crippen molar-refractivity contribution in [1.82, 2.24) is 4.90 Å². The highest BCUT2D eigenvalue weighted by molar-refractivity contribution is 6.31. The Balaban J connectivity index is 1.91. The van der Waals surface area contributed by atoms with Crippen LogP contribution in [0, 0.1) is 11.3 Å². The molecule has 2 N–H and O–H groups in total. The fourth-order valence-electron chi connectivity index (χ4n) is 4.43. The minimum atomic E-state index is -0.755. The average molecular weight is 441 g/mol. The molecule has 1 heterocycles. The lowest BCUT2D eigenvalue weighted by molar-refractivity contribution is -0.137. The van der Waals surface area contributed by atoms with Gasteiger partial charge in [-0.1, -0.05) is 35.9 Å². The second-order valence-electron chi connectivity index (χ2n) is 8.87. The summed E-state index contributed by atoms with van der Waals surface area (Å²) in [6.45, 7) is 5.41. The molecule has 6 heteroatoms. The molecule has 164 valence electrons. The van der Waals surface area contributed by atoms with Crippen LogP contribution in [0.5, 0.6) is 0 Å². The zero-order valence-electron chi connectivity index (χ0n) is 18.2. The smallest absolute Gasteiger partial charge is 0.227 e. The van der Waals surface area contributed by atoms with Crippen molar-refractivity contribution in [2.75, 3.05) is 6.61 Å². The van der Waals surface area contributed by atoms with E-state index in [1.807, 2.05) is 19.1 Å². The number of amides is 1. The molecule has 0 fully saturated rings. The SMILES string of the molecule is C[C@H]1c2cccc(CCC(C)(C)O)c2C[C@H](CO)N1C(=O)Cc1c(Cl)cccc1C#N. The molecule has 0 radical (unpaired) electrons. The maximum Gasteiger partial charge on any atom is 0.227 e. The highest BCUT2D eigenvalue weighted by Gasteiger charge is 2.36. The molecule has 0 unspecified atom stereocenters. The third kappa shape index (κ3) is 5.10. The van der Waals surface area contributed by atoms with Gasteiger partial charge in [0.05, 0.1) is 42.3 Å². The molecular weight excluding hydrogens is 412 g/mol. The largest absolute Gasteiger partial charge is 0.394 e. The highest BCUT2D eigenvalue weighted by Crippen LogP contribution is 2.36. The van der Waals surface area contributed by atoms with Gasteiger partial charge < -0.3 is 15.1 Å². The van der Waals surface area contributed by atoms with E-state index in [0.717, 1.165) is 23.1 Å². The predicted octanol–water partition coefficient (Wildman–Crippen LogP) is 3.96. The van der Waals surface area contributed by atoms with E-state index in [0.29, 0.717) is 29.0 Å². The molecule has 31 heavy (non-hydrogen) atoms. The monoisotopic (exact) mass is 440 g/mol. The molecule has 0 spiro atoms. The Morgan fingerprint density at radius 1 is 1.29 bits per heavy atom. The van der Waals surface area contributed by atoms with E-state index in [4.69, 9.17) is 11.6 Å². The summed E-state index contributed by atoms with van der Waals surface area (Å²) in [5.74, 6) is -0.163. The van der Waals surface area contributed by atoms with Crippen LogP contribution in [0.2, 0.25) is 5.02 Å². The zero-order valence-corrected chi connectivity index (χ0v) is 19.0. The van der Waals surface area contributed by atoms with E-state index in [1.165, 1.54) is 0 Å². The van der Waals surface area contributed by atoms with Gasteiger partial charge in [0.15, 0.2) is 0 Å². The van der Waals surface area contributed by atoms with Crippen LogP contribution in [0.25, 0.3) is 0 Å². The van der Waals surface area contributed by atoms with E-state index in [-0.39, 0.29) is 31.0 Å². The highest BCUT2D eigenvalue weighted by atomic mass is 35.5. The Hall–Kier alpha value is -2.39. The van der Waals surface area contributed by atoms with E-state index in [2.05, 4.69) is 12.1 Å². The number of carbonyl (C=O) groups excluding carboxylic acids is 1. The van der Waals surface area contributed by atoms with Gasteiger partial charge in [0.1, 0.15) is 0 Å². The fourth-order valence-corrected chi connectivity index (χ4v) is 4.67. The number of hydrogen-bond donors (Lipinski definition) is 2. The number of fused-ring (bicyclic) bond motifs is 1. The predicted molar refractivity (Wildman–Crippen MR) is 121 cm³/mol. The first-order valence-corrected chi connectivity index (χ1v) is 11.0. The summed E-state index contributed by atoms with van der Waals surface area (Å²) in [5.41, 5.74) is 3.51. The van der Waals surface area contributed by atoms with Gasteiger partial charge >= 0.3 is 0 Å². The Labute approximate surface area is 188 Å². The molecule has 0 bridgehead atoms. The van der Waals surface area contributed by atoms with Crippen LogP contribution in [0.1, 0.15) is 61.1 Å². The van der Waals surface area contributed by atoms with Gasteiger partial charge in [0.25, 0.3) is 0 Å². The Morgan fingerprint density at radius 3 is 2.65 bits per heavy atom. The minimum absolute atomic E-state index is 0.0110. The number of hydrogen-bond acceptors (Lipinski definition) is 4. The van der Waals surface area contributed by atoms with Gasteiger partial charge in [-0.3, -0.25) is 4.79 Å². The molecule has 1 aliphatic rings. The molecule has 2 aromatic rings. The van der Waals surface area contributed by atoms with Crippen LogP contribution in [0.3, 0.4) is 0 Å². The Kier molecular flexibility index (Phi) is 7.06. The van der Waals surface area contributed by atoms with Crippen LogP contribution in [0.4, 0.5) is 0 Å². The second-order valence-corrected chi connectivity index (χ2v) is 9.28. The first-order valence-electron chi connectivity index (χ1n) is 10.6. The van der Waals surface area contributed by atoms with Crippen LogP contribution in [0.15, 0.2) is 36.4 Å². The normalized spacial score (nSPS) is 18.4. The third-order valence-electron chi connectivity index (χ3n) is 6.08. The number of nitriles is 1. The van der Waals surface area contributed by atoms with Gasteiger partial charge in [-0.15, -0.1) is 0 Å². The van der Waals surface area contributed by atoms with Crippen molar-refractivity contribution in [3.63, 3.8) is 0 Å². The van der Waals surface area contributed by atoms with Crippen molar-refractivity contribution < 1.29 is 15.0 Å².